The average Bonchev–Trinajstić information content (AvgIpc) is 2.71. The van der Waals surface area contributed by atoms with Crippen molar-refractivity contribution in [2.75, 3.05) is 6.54 Å². The van der Waals surface area contributed by atoms with Crippen LogP contribution in [0.2, 0.25) is 5.02 Å². The molecular formula is C13H16ClN3O. The minimum atomic E-state index is -0.0335. The third kappa shape index (κ3) is 2.83. The zero-order valence-corrected chi connectivity index (χ0v) is 10.9. The first-order valence-electron chi connectivity index (χ1n) is 5.85. The number of benzene rings is 1. The van der Waals surface area contributed by atoms with Crippen molar-refractivity contribution in [2.24, 2.45) is 5.73 Å². The van der Waals surface area contributed by atoms with Crippen LogP contribution in [0.15, 0.2) is 24.4 Å². The molecule has 1 atom stereocenters. The lowest BCUT2D eigenvalue weighted by Gasteiger charge is -2.10. The fourth-order valence-corrected chi connectivity index (χ4v) is 2.03. The van der Waals surface area contributed by atoms with E-state index in [1.807, 2.05) is 31.3 Å². The van der Waals surface area contributed by atoms with Gasteiger partial charge in [-0.15, -0.1) is 0 Å². The van der Waals surface area contributed by atoms with Gasteiger partial charge in [0.2, 0.25) is 5.91 Å². The van der Waals surface area contributed by atoms with Crippen molar-refractivity contribution >= 4 is 28.4 Å². The van der Waals surface area contributed by atoms with Gasteiger partial charge in [-0.3, -0.25) is 4.79 Å². The van der Waals surface area contributed by atoms with E-state index >= 15 is 0 Å². The van der Waals surface area contributed by atoms with Crippen molar-refractivity contribution in [2.45, 2.75) is 19.4 Å². The summed E-state index contributed by atoms with van der Waals surface area (Å²) in [4.78, 5) is 14.9. The number of aromatic nitrogens is 1. The normalized spacial score (nSPS) is 12.6. The minimum Gasteiger partial charge on any atom is -0.361 e. The lowest BCUT2D eigenvalue weighted by atomic mass is 10.1. The Balaban J connectivity index is 2.16. The molecule has 0 bridgehead atoms. The molecule has 0 aliphatic rings. The monoisotopic (exact) mass is 265 g/mol. The Hall–Kier alpha value is -1.52. The zero-order valence-electron chi connectivity index (χ0n) is 10.2. The molecule has 5 heteroatoms. The third-order valence-corrected chi connectivity index (χ3v) is 3.08. The second-order valence-electron chi connectivity index (χ2n) is 4.38. The molecule has 1 heterocycles. The van der Waals surface area contributed by atoms with Crippen molar-refractivity contribution in [3.05, 3.63) is 35.0 Å². The van der Waals surface area contributed by atoms with E-state index in [2.05, 4.69) is 10.3 Å². The van der Waals surface area contributed by atoms with Gasteiger partial charge in [-0.1, -0.05) is 11.6 Å². The lowest BCUT2D eigenvalue weighted by molar-refractivity contribution is -0.120. The van der Waals surface area contributed by atoms with Crippen LogP contribution in [0, 0.1) is 0 Å². The van der Waals surface area contributed by atoms with Gasteiger partial charge < -0.3 is 16.0 Å². The van der Waals surface area contributed by atoms with Gasteiger partial charge in [0.05, 0.1) is 6.42 Å². The first kappa shape index (κ1) is 12.9. The number of nitrogens with one attached hydrogen (secondary N) is 2. The summed E-state index contributed by atoms with van der Waals surface area (Å²) in [6.45, 7) is 2.31. The number of amides is 1. The fourth-order valence-electron chi connectivity index (χ4n) is 1.85. The Morgan fingerprint density at radius 3 is 3.06 bits per heavy atom. The number of carbonyl (C=O) groups is 1. The maximum atomic E-state index is 11.8. The van der Waals surface area contributed by atoms with E-state index in [-0.39, 0.29) is 11.9 Å². The highest BCUT2D eigenvalue weighted by atomic mass is 35.5. The Kier molecular flexibility index (Phi) is 3.89. The van der Waals surface area contributed by atoms with E-state index < -0.39 is 0 Å². The average molecular weight is 266 g/mol. The highest BCUT2D eigenvalue weighted by Gasteiger charge is 2.10. The molecule has 0 spiro atoms. The van der Waals surface area contributed by atoms with E-state index in [4.69, 9.17) is 17.3 Å². The molecule has 0 fully saturated rings. The first-order valence-corrected chi connectivity index (χ1v) is 6.23. The van der Waals surface area contributed by atoms with E-state index in [1.54, 1.807) is 0 Å². The summed E-state index contributed by atoms with van der Waals surface area (Å²) in [5.41, 5.74) is 7.39. The number of H-pyrrole nitrogens is 1. The van der Waals surface area contributed by atoms with Crippen molar-refractivity contribution in [1.82, 2.24) is 10.3 Å². The topological polar surface area (TPSA) is 70.9 Å². The van der Waals surface area contributed by atoms with Crippen LogP contribution in [0.25, 0.3) is 10.9 Å². The maximum Gasteiger partial charge on any atom is 0.224 e. The molecule has 4 N–H and O–H groups in total. The molecule has 96 valence electrons. The van der Waals surface area contributed by atoms with Crippen LogP contribution >= 0.6 is 11.6 Å². The summed E-state index contributed by atoms with van der Waals surface area (Å²) < 4.78 is 0. The van der Waals surface area contributed by atoms with Crippen LogP contribution in [-0.4, -0.2) is 23.5 Å². The van der Waals surface area contributed by atoms with Gasteiger partial charge in [0.25, 0.3) is 0 Å². The van der Waals surface area contributed by atoms with Crippen LogP contribution in [0.4, 0.5) is 0 Å². The molecule has 2 rings (SSSR count). The minimum absolute atomic E-state index is 0.00806. The Labute approximate surface area is 111 Å². The number of carbonyl (C=O) groups excluding carboxylic acids is 1. The SMILES string of the molecule is CC(CN)NC(=O)Cc1c[nH]c2ccc(Cl)cc12. The molecule has 0 aliphatic heterocycles. The number of hydrogen-bond acceptors (Lipinski definition) is 2. The van der Waals surface area contributed by atoms with E-state index in [1.165, 1.54) is 0 Å². The Morgan fingerprint density at radius 2 is 2.33 bits per heavy atom. The second kappa shape index (κ2) is 5.42. The van der Waals surface area contributed by atoms with E-state index in [0.717, 1.165) is 16.5 Å². The number of fused-ring (bicyclic) bond motifs is 1. The van der Waals surface area contributed by atoms with Gasteiger partial charge >= 0.3 is 0 Å². The number of rotatable bonds is 4. The molecule has 4 nitrogen and oxygen atoms in total. The molecule has 0 saturated heterocycles. The number of hydrogen-bond donors (Lipinski definition) is 3. The molecule has 1 unspecified atom stereocenters. The van der Waals surface area contributed by atoms with Gasteiger partial charge in [-0.25, -0.2) is 0 Å². The smallest absolute Gasteiger partial charge is 0.224 e. The fraction of sp³-hybridized carbons (Fsp3) is 0.308. The van der Waals surface area contributed by atoms with Crippen LogP contribution in [0.3, 0.4) is 0 Å². The number of halogens is 1. The van der Waals surface area contributed by atoms with Crippen molar-refractivity contribution < 1.29 is 4.79 Å². The molecular weight excluding hydrogens is 250 g/mol. The Morgan fingerprint density at radius 1 is 1.56 bits per heavy atom. The standard InChI is InChI=1S/C13H16ClN3O/c1-8(6-15)17-13(18)4-9-7-16-12-3-2-10(14)5-11(9)12/h2-3,5,7-8,16H,4,6,15H2,1H3,(H,17,18). The molecule has 0 aliphatic carbocycles. The lowest BCUT2D eigenvalue weighted by Crippen LogP contribution is -2.38. The van der Waals surface area contributed by atoms with Crippen LogP contribution < -0.4 is 11.1 Å². The predicted octanol–water partition coefficient (Wildman–Crippen LogP) is 1.83. The highest BCUT2D eigenvalue weighted by molar-refractivity contribution is 6.31. The van der Waals surface area contributed by atoms with E-state index in [0.29, 0.717) is 18.0 Å². The quantitative estimate of drug-likeness (QED) is 0.789. The largest absolute Gasteiger partial charge is 0.361 e. The summed E-state index contributed by atoms with van der Waals surface area (Å²) >= 11 is 5.96. The van der Waals surface area contributed by atoms with Gasteiger partial charge in [-0.05, 0) is 30.7 Å². The molecule has 1 aromatic carbocycles. The predicted molar refractivity (Wildman–Crippen MR) is 73.7 cm³/mol. The van der Waals surface area contributed by atoms with Crippen molar-refractivity contribution in [1.29, 1.82) is 0 Å². The summed E-state index contributed by atoms with van der Waals surface area (Å²) in [5, 5.41) is 4.49. The van der Waals surface area contributed by atoms with Crippen LogP contribution in [0.1, 0.15) is 12.5 Å². The number of aromatic amines is 1. The summed E-state index contributed by atoms with van der Waals surface area (Å²) in [6.07, 6.45) is 2.17. The Bertz CT molecular complexity index is 564. The molecule has 1 amide bonds. The molecule has 1 aromatic heterocycles. The van der Waals surface area contributed by atoms with Crippen LogP contribution in [-0.2, 0) is 11.2 Å². The van der Waals surface area contributed by atoms with Crippen molar-refractivity contribution in [3.8, 4) is 0 Å². The van der Waals surface area contributed by atoms with Gasteiger partial charge in [-0.2, -0.15) is 0 Å². The summed E-state index contributed by atoms with van der Waals surface area (Å²) in [7, 11) is 0. The summed E-state index contributed by atoms with van der Waals surface area (Å²) in [5.74, 6) is -0.0335. The molecule has 0 saturated carbocycles. The van der Waals surface area contributed by atoms with Crippen LogP contribution in [0.5, 0.6) is 0 Å². The molecule has 18 heavy (non-hydrogen) atoms. The number of nitrogens with two attached hydrogens (primary N) is 1. The van der Waals surface area contributed by atoms with E-state index in [9.17, 15) is 4.79 Å². The molecule has 2 aromatic rings. The zero-order chi connectivity index (χ0) is 13.1. The van der Waals surface area contributed by atoms with Gasteiger partial charge in [0.15, 0.2) is 0 Å². The van der Waals surface area contributed by atoms with Gasteiger partial charge in [0.1, 0.15) is 0 Å². The second-order valence-corrected chi connectivity index (χ2v) is 4.82. The van der Waals surface area contributed by atoms with Crippen molar-refractivity contribution in [3.63, 3.8) is 0 Å². The first-order chi connectivity index (χ1) is 8.60. The maximum absolute atomic E-state index is 11.8. The summed E-state index contributed by atoms with van der Waals surface area (Å²) in [6, 6.07) is 5.58. The highest BCUT2D eigenvalue weighted by Crippen LogP contribution is 2.22. The van der Waals surface area contributed by atoms with Gasteiger partial charge in [0, 0.05) is 34.7 Å². The molecule has 0 radical (unpaired) electrons. The third-order valence-electron chi connectivity index (χ3n) is 2.84.